The Morgan fingerprint density at radius 3 is 2.96 bits per heavy atom. The lowest BCUT2D eigenvalue weighted by atomic mass is 9.78. The number of hydrogen-bond acceptors (Lipinski definition) is 3. The lowest BCUT2D eigenvalue weighted by molar-refractivity contribution is -0.131. The predicted octanol–water partition coefficient (Wildman–Crippen LogP) is 2.69. The zero-order valence-corrected chi connectivity index (χ0v) is 12.8. The first-order valence-corrected chi connectivity index (χ1v) is 7.84. The summed E-state index contributed by atoms with van der Waals surface area (Å²) in [7, 11) is 0. The van der Waals surface area contributed by atoms with E-state index in [-0.39, 0.29) is 11.8 Å². The predicted molar refractivity (Wildman–Crippen MR) is 85.7 cm³/mol. The van der Waals surface area contributed by atoms with Crippen molar-refractivity contribution in [3.05, 3.63) is 48.4 Å². The van der Waals surface area contributed by atoms with Crippen LogP contribution in [0.3, 0.4) is 0 Å². The Morgan fingerprint density at radius 1 is 1.30 bits per heavy atom. The van der Waals surface area contributed by atoms with Crippen LogP contribution >= 0.6 is 0 Å². The lowest BCUT2D eigenvalue weighted by Gasteiger charge is -2.33. The van der Waals surface area contributed by atoms with Crippen molar-refractivity contribution in [3.8, 4) is 0 Å². The number of nitrogens with one attached hydrogen (secondary N) is 1. The van der Waals surface area contributed by atoms with E-state index in [4.69, 9.17) is 4.42 Å². The van der Waals surface area contributed by atoms with Gasteiger partial charge in [0.1, 0.15) is 11.8 Å². The minimum atomic E-state index is -0.462. The molecule has 2 amide bonds. The highest BCUT2D eigenvalue weighted by molar-refractivity contribution is 6.06. The van der Waals surface area contributed by atoms with E-state index in [0.717, 1.165) is 23.9 Å². The molecular formula is C18H18N2O3. The molecule has 0 bridgehead atoms. The Labute approximate surface area is 133 Å². The summed E-state index contributed by atoms with van der Waals surface area (Å²) in [5.74, 6) is -0.0647. The van der Waals surface area contributed by atoms with Crippen LogP contribution in [0.15, 0.2) is 47.2 Å². The number of hydrogen-bond donors (Lipinski definition) is 1. The van der Waals surface area contributed by atoms with Crippen LogP contribution in [0.1, 0.15) is 29.6 Å². The lowest BCUT2D eigenvalue weighted by Crippen LogP contribution is -2.46. The minimum absolute atomic E-state index is 0.00102. The van der Waals surface area contributed by atoms with E-state index in [0.29, 0.717) is 30.7 Å². The molecule has 1 N–H and O–H groups in total. The number of furan rings is 1. The topological polar surface area (TPSA) is 62.6 Å². The van der Waals surface area contributed by atoms with Crippen LogP contribution in [0.2, 0.25) is 0 Å². The number of fused-ring (bicyclic) bond motifs is 1. The number of piperidine rings is 1. The molecule has 0 radical (unpaired) electrons. The van der Waals surface area contributed by atoms with E-state index in [1.54, 1.807) is 4.90 Å². The molecule has 2 aliphatic rings. The van der Waals surface area contributed by atoms with Gasteiger partial charge in [-0.05, 0) is 25.3 Å². The molecular weight excluding hydrogens is 292 g/mol. The number of rotatable bonds is 1. The summed E-state index contributed by atoms with van der Waals surface area (Å²) < 4.78 is 5.46. The van der Waals surface area contributed by atoms with Crippen LogP contribution < -0.4 is 5.32 Å². The average molecular weight is 310 g/mol. The van der Waals surface area contributed by atoms with Crippen LogP contribution in [-0.2, 0) is 4.79 Å². The second-order valence-electron chi connectivity index (χ2n) is 6.46. The van der Waals surface area contributed by atoms with E-state index in [2.05, 4.69) is 11.9 Å². The first-order valence-electron chi connectivity index (χ1n) is 7.84. The first kappa shape index (κ1) is 14.1. The SMILES string of the molecule is C=C1CCC2(CCN(C(=O)c3coc4ccccc34)C2)C(=O)N1. The van der Waals surface area contributed by atoms with Crippen LogP contribution in [0.5, 0.6) is 0 Å². The van der Waals surface area contributed by atoms with Gasteiger partial charge in [0.15, 0.2) is 0 Å². The van der Waals surface area contributed by atoms with E-state index in [9.17, 15) is 9.59 Å². The molecule has 1 unspecified atom stereocenters. The van der Waals surface area contributed by atoms with Gasteiger partial charge in [0.25, 0.3) is 5.91 Å². The van der Waals surface area contributed by atoms with Crippen molar-refractivity contribution < 1.29 is 14.0 Å². The molecule has 3 heterocycles. The van der Waals surface area contributed by atoms with Gasteiger partial charge in [-0.1, -0.05) is 24.8 Å². The van der Waals surface area contributed by atoms with E-state index in [1.165, 1.54) is 6.26 Å². The third kappa shape index (κ3) is 2.15. The summed E-state index contributed by atoms with van der Waals surface area (Å²) in [6.07, 6.45) is 3.75. The Hall–Kier alpha value is -2.56. The van der Waals surface area contributed by atoms with Gasteiger partial charge in [-0.2, -0.15) is 0 Å². The zero-order valence-electron chi connectivity index (χ0n) is 12.8. The minimum Gasteiger partial charge on any atom is -0.463 e. The zero-order chi connectivity index (χ0) is 16.0. The summed E-state index contributed by atoms with van der Waals surface area (Å²) in [6, 6.07) is 7.50. The molecule has 1 aromatic carbocycles. The number of carbonyl (C=O) groups excluding carboxylic acids is 2. The highest BCUT2D eigenvalue weighted by Crippen LogP contribution is 2.40. The quantitative estimate of drug-likeness (QED) is 0.881. The molecule has 0 aliphatic carbocycles. The molecule has 4 rings (SSSR count). The Kier molecular flexibility index (Phi) is 3.04. The maximum atomic E-state index is 12.8. The van der Waals surface area contributed by atoms with Crippen molar-refractivity contribution in [3.63, 3.8) is 0 Å². The van der Waals surface area contributed by atoms with E-state index >= 15 is 0 Å². The normalized spacial score (nSPS) is 24.4. The summed E-state index contributed by atoms with van der Waals surface area (Å²) in [5, 5.41) is 3.67. The summed E-state index contributed by atoms with van der Waals surface area (Å²) in [4.78, 5) is 27.0. The Bertz CT molecular complexity index is 823. The van der Waals surface area contributed by atoms with Crippen molar-refractivity contribution >= 4 is 22.8 Å². The Balaban J connectivity index is 1.59. The standard InChI is InChI=1S/C18H18N2O3/c1-12-6-7-18(17(22)19-12)8-9-20(11-18)16(21)14-10-23-15-5-3-2-4-13(14)15/h2-5,10H,1,6-9,11H2,(H,19,22). The fraction of sp³-hybridized carbons (Fsp3) is 0.333. The molecule has 2 aliphatic heterocycles. The molecule has 2 saturated heterocycles. The highest BCUT2D eigenvalue weighted by atomic mass is 16.3. The van der Waals surface area contributed by atoms with Crippen LogP contribution in [0.4, 0.5) is 0 Å². The maximum absolute atomic E-state index is 12.8. The second-order valence-corrected chi connectivity index (χ2v) is 6.46. The molecule has 2 fully saturated rings. The average Bonchev–Trinajstić information content (AvgIpc) is 3.16. The molecule has 1 aromatic heterocycles. The highest BCUT2D eigenvalue weighted by Gasteiger charge is 2.47. The van der Waals surface area contributed by atoms with E-state index in [1.807, 2.05) is 24.3 Å². The van der Waals surface area contributed by atoms with Crippen molar-refractivity contribution in [1.29, 1.82) is 0 Å². The molecule has 2 aromatic rings. The van der Waals surface area contributed by atoms with Gasteiger partial charge < -0.3 is 14.6 Å². The number of amides is 2. The Morgan fingerprint density at radius 2 is 2.13 bits per heavy atom. The smallest absolute Gasteiger partial charge is 0.257 e. The summed E-state index contributed by atoms with van der Waals surface area (Å²) >= 11 is 0. The van der Waals surface area contributed by atoms with Gasteiger partial charge in [-0.15, -0.1) is 0 Å². The molecule has 118 valence electrons. The number of allylic oxidation sites excluding steroid dienone is 1. The van der Waals surface area contributed by atoms with Crippen LogP contribution in [0.25, 0.3) is 11.0 Å². The van der Waals surface area contributed by atoms with Crippen molar-refractivity contribution in [1.82, 2.24) is 10.2 Å². The molecule has 5 heteroatoms. The first-order chi connectivity index (χ1) is 11.1. The summed E-state index contributed by atoms with van der Waals surface area (Å²) in [6.45, 7) is 4.88. The number of likely N-dealkylation sites (tertiary alicyclic amines) is 1. The van der Waals surface area contributed by atoms with Gasteiger partial charge in [0.2, 0.25) is 5.91 Å². The van der Waals surface area contributed by atoms with Crippen molar-refractivity contribution in [2.45, 2.75) is 19.3 Å². The summed E-state index contributed by atoms with van der Waals surface area (Å²) in [5.41, 5.74) is 1.58. The van der Waals surface area contributed by atoms with Crippen molar-refractivity contribution in [2.24, 2.45) is 5.41 Å². The molecule has 23 heavy (non-hydrogen) atoms. The third-order valence-electron chi connectivity index (χ3n) is 5.03. The monoisotopic (exact) mass is 310 g/mol. The fourth-order valence-corrected chi connectivity index (χ4v) is 3.61. The van der Waals surface area contributed by atoms with E-state index < -0.39 is 5.41 Å². The van der Waals surface area contributed by atoms with Gasteiger partial charge in [-0.3, -0.25) is 9.59 Å². The van der Waals surface area contributed by atoms with Crippen molar-refractivity contribution in [2.75, 3.05) is 13.1 Å². The number of para-hydroxylation sites is 1. The van der Waals surface area contributed by atoms with Crippen LogP contribution in [0, 0.1) is 5.41 Å². The molecule has 1 atom stereocenters. The van der Waals surface area contributed by atoms with Gasteiger partial charge in [0.05, 0.1) is 11.0 Å². The molecule has 1 spiro atoms. The number of carbonyl (C=O) groups is 2. The second kappa shape index (κ2) is 4.98. The number of nitrogens with zero attached hydrogens (tertiary/aromatic N) is 1. The molecule has 5 nitrogen and oxygen atoms in total. The van der Waals surface area contributed by atoms with Gasteiger partial charge in [0, 0.05) is 24.2 Å². The van der Waals surface area contributed by atoms with Crippen LogP contribution in [-0.4, -0.2) is 29.8 Å². The third-order valence-corrected chi connectivity index (χ3v) is 5.03. The van der Waals surface area contributed by atoms with Gasteiger partial charge >= 0.3 is 0 Å². The largest absolute Gasteiger partial charge is 0.463 e. The maximum Gasteiger partial charge on any atom is 0.257 e. The number of benzene rings is 1. The fourth-order valence-electron chi connectivity index (χ4n) is 3.61. The van der Waals surface area contributed by atoms with Gasteiger partial charge in [-0.25, -0.2) is 0 Å². The molecule has 0 saturated carbocycles.